The van der Waals surface area contributed by atoms with Crippen LogP contribution >= 0.6 is 11.6 Å². The molecule has 0 bridgehead atoms. The van der Waals surface area contributed by atoms with Crippen molar-refractivity contribution in [3.63, 3.8) is 0 Å². The monoisotopic (exact) mass is 289 g/mol. The summed E-state index contributed by atoms with van der Waals surface area (Å²) >= 11 is 5.72. The molecule has 2 rings (SSSR count). The van der Waals surface area contributed by atoms with Crippen LogP contribution < -0.4 is 5.32 Å². The van der Waals surface area contributed by atoms with Crippen molar-refractivity contribution in [2.24, 2.45) is 0 Å². The van der Waals surface area contributed by atoms with Crippen molar-refractivity contribution >= 4 is 39.0 Å². The molecule has 0 fully saturated rings. The number of sulfone groups is 1. The number of fused-ring (bicyclic) bond motifs is 1. The molecular formula is C10H8ClNO5S. The van der Waals surface area contributed by atoms with E-state index in [4.69, 9.17) is 16.7 Å². The van der Waals surface area contributed by atoms with E-state index >= 15 is 0 Å². The quantitative estimate of drug-likeness (QED) is 0.808. The van der Waals surface area contributed by atoms with Gasteiger partial charge in [0.15, 0.2) is 9.84 Å². The number of nitrogens with one attached hydrogen (secondary N) is 1. The number of carbonyl (C=O) groups is 2. The van der Waals surface area contributed by atoms with Crippen LogP contribution in [0.1, 0.15) is 16.8 Å². The lowest BCUT2D eigenvalue weighted by atomic mass is 10.2. The van der Waals surface area contributed by atoms with Gasteiger partial charge in [0.2, 0.25) is 5.91 Å². The molecule has 2 N–H and O–H groups in total. The summed E-state index contributed by atoms with van der Waals surface area (Å²) in [5.41, 5.74) is -0.299. The van der Waals surface area contributed by atoms with Crippen LogP contribution in [0.3, 0.4) is 0 Å². The first-order chi connectivity index (χ1) is 8.31. The summed E-state index contributed by atoms with van der Waals surface area (Å²) < 4.78 is 23.7. The Labute approximate surface area is 107 Å². The molecule has 18 heavy (non-hydrogen) atoms. The van der Waals surface area contributed by atoms with E-state index in [0.717, 1.165) is 12.1 Å². The fraction of sp³-hybridized carbons (Fsp3) is 0.200. The molecule has 1 aliphatic heterocycles. The topological polar surface area (TPSA) is 101 Å². The second-order valence-electron chi connectivity index (χ2n) is 3.75. The fourth-order valence-corrected chi connectivity index (χ4v) is 3.35. The molecule has 1 heterocycles. The molecule has 0 unspecified atom stereocenters. The minimum Gasteiger partial charge on any atom is -0.478 e. The molecular weight excluding hydrogens is 282 g/mol. The third-order valence-electron chi connectivity index (χ3n) is 2.51. The normalized spacial score (nSPS) is 17.5. The summed E-state index contributed by atoms with van der Waals surface area (Å²) in [6.45, 7) is 0. The first-order valence-electron chi connectivity index (χ1n) is 4.91. The van der Waals surface area contributed by atoms with Gasteiger partial charge in [-0.25, -0.2) is 13.2 Å². The molecule has 6 nitrogen and oxygen atoms in total. The highest BCUT2D eigenvalue weighted by molar-refractivity contribution is 7.91. The van der Waals surface area contributed by atoms with Crippen molar-refractivity contribution in [1.29, 1.82) is 0 Å². The second-order valence-corrected chi connectivity index (χ2v) is 6.24. The Morgan fingerprint density at radius 2 is 2.06 bits per heavy atom. The van der Waals surface area contributed by atoms with Gasteiger partial charge in [0.05, 0.1) is 26.9 Å². The number of aromatic carboxylic acids is 1. The lowest BCUT2D eigenvalue weighted by Gasteiger charge is -2.09. The smallest absolute Gasteiger partial charge is 0.337 e. The van der Waals surface area contributed by atoms with E-state index in [1.165, 1.54) is 0 Å². The maximum Gasteiger partial charge on any atom is 0.337 e. The van der Waals surface area contributed by atoms with Gasteiger partial charge in [0.25, 0.3) is 0 Å². The number of anilines is 1. The molecule has 1 aromatic carbocycles. The van der Waals surface area contributed by atoms with Crippen LogP contribution in [-0.2, 0) is 14.6 Å². The fourth-order valence-electron chi connectivity index (χ4n) is 1.62. The zero-order valence-corrected chi connectivity index (χ0v) is 10.5. The molecule has 1 aliphatic rings. The van der Waals surface area contributed by atoms with E-state index in [9.17, 15) is 18.0 Å². The van der Waals surface area contributed by atoms with E-state index in [-0.39, 0.29) is 33.3 Å². The first-order valence-corrected chi connectivity index (χ1v) is 6.94. The number of hydrogen-bond acceptors (Lipinski definition) is 4. The van der Waals surface area contributed by atoms with E-state index in [2.05, 4.69) is 5.32 Å². The molecule has 0 radical (unpaired) electrons. The molecule has 0 saturated heterocycles. The standard InChI is InChI=1S/C10H8ClNO5S/c11-6-4-8-7(3-5(6)10(14)15)12-9(13)1-2-18(8,16)17/h3-4H,1-2H2,(H,12,13)(H,14,15). The van der Waals surface area contributed by atoms with E-state index in [0.29, 0.717) is 0 Å². The van der Waals surface area contributed by atoms with Crippen molar-refractivity contribution in [2.45, 2.75) is 11.3 Å². The number of halogens is 1. The Balaban J connectivity index is 2.72. The summed E-state index contributed by atoms with van der Waals surface area (Å²) in [6.07, 6.45) is -0.170. The molecule has 0 aromatic heterocycles. The van der Waals surface area contributed by atoms with Gasteiger partial charge in [-0.3, -0.25) is 4.79 Å². The van der Waals surface area contributed by atoms with Crippen LogP contribution in [-0.4, -0.2) is 31.2 Å². The van der Waals surface area contributed by atoms with Gasteiger partial charge in [0.1, 0.15) is 0 Å². The molecule has 1 amide bonds. The Bertz CT molecular complexity index is 652. The molecule has 0 aliphatic carbocycles. The SMILES string of the molecule is O=C1CCS(=O)(=O)c2cc(Cl)c(C(=O)O)cc2N1. The summed E-state index contributed by atoms with van der Waals surface area (Å²) in [6, 6.07) is 2.11. The summed E-state index contributed by atoms with van der Waals surface area (Å²) in [7, 11) is -3.64. The Morgan fingerprint density at radius 1 is 1.39 bits per heavy atom. The van der Waals surface area contributed by atoms with Crippen LogP contribution in [0.25, 0.3) is 0 Å². The number of rotatable bonds is 1. The molecule has 0 atom stereocenters. The zero-order chi connectivity index (χ0) is 13.5. The van der Waals surface area contributed by atoms with Gasteiger partial charge in [-0.1, -0.05) is 11.6 Å². The largest absolute Gasteiger partial charge is 0.478 e. The van der Waals surface area contributed by atoms with Crippen LogP contribution in [0.4, 0.5) is 5.69 Å². The Kier molecular flexibility index (Phi) is 3.04. The number of hydrogen-bond donors (Lipinski definition) is 2. The molecule has 96 valence electrons. The number of benzene rings is 1. The highest BCUT2D eigenvalue weighted by atomic mass is 35.5. The summed E-state index contributed by atoms with van der Waals surface area (Å²) in [4.78, 5) is 22.1. The minimum absolute atomic E-state index is 0.0423. The van der Waals surface area contributed by atoms with E-state index in [1.54, 1.807) is 0 Å². The predicted octanol–water partition coefficient (Wildman–Crippen LogP) is 1.15. The second kappa shape index (κ2) is 4.25. The highest BCUT2D eigenvalue weighted by Gasteiger charge is 2.27. The van der Waals surface area contributed by atoms with Crippen molar-refractivity contribution in [2.75, 3.05) is 11.1 Å². The highest BCUT2D eigenvalue weighted by Crippen LogP contribution is 2.31. The number of carboxylic acid groups (broad SMARTS) is 1. The number of carboxylic acids is 1. The average molecular weight is 290 g/mol. The zero-order valence-electron chi connectivity index (χ0n) is 8.94. The predicted molar refractivity (Wildman–Crippen MR) is 63.7 cm³/mol. The van der Waals surface area contributed by atoms with Gasteiger partial charge in [-0.2, -0.15) is 0 Å². The minimum atomic E-state index is -3.64. The maximum absolute atomic E-state index is 11.9. The van der Waals surface area contributed by atoms with Crippen LogP contribution in [0.2, 0.25) is 5.02 Å². The number of carbonyl (C=O) groups excluding carboxylic acids is 1. The third-order valence-corrected chi connectivity index (χ3v) is 4.57. The van der Waals surface area contributed by atoms with E-state index < -0.39 is 21.7 Å². The van der Waals surface area contributed by atoms with Gasteiger partial charge in [-0.15, -0.1) is 0 Å². The van der Waals surface area contributed by atoms with Gasteiger partial charge < -0.3 is 10.4 Å². The molecule has 0 saturated carbocycles. The van der Waals surface area contributed by atoms with Gasteiger partial charge in [-0.05, 0) is 12.1 Å². The van der Waals surface area contributed by atoms with Crippen molar-refractivity contribution in [3.8, 4) is 0 Å². The van der Waals surface area contributed by atoms with Crippen molar-refractivity contribution in [3.05, 3.63) is 22.7 Å². The average Bonchev–Trinajstić information content (AvgIpc) is 2.37. The molecule has 8 heteroatoms. The van der Waals surface area contributed by atoms with Crippen LogP contribution in [0.5, 0.6) is 0 Å². The molecule has 1 aromatic rings. The van der Waals surface area contributed by atoms with Crippen LogP contribution in [0.15, 0.2) is 17.0 Å². The summed E-state index contributed by atoms with van der Waals surface area (Å²) in [5, 5.41) is 11.1. The summed E-state index contributed by atoms with van der Waals surface area (Å²) in [5.74, 6) is -2.09. The van der Waals surface area contributed by atoms with Crippen LogP contribution in [0, 0.1) is 0 Å². The lowest BCUT2D eigenvalue weighted by molar-refractivity contribution is -0.115. The molecule has 0 spiro atoms. The maximum atomic E-state index is 11.9. The number of amides is 1. The van der Waals surface area contributed by atoms with E-state index in [1.807, 2.05) is 0 Å². The van der Waals surface area contributed by atoms with Gasteiger partial charge >= 0.3 is 5.97 Å². The van der Waals surface area contributed by atoms with Crippen molar-refractivity contribution < 1.29 is 23.1 Å². The van der Waals surface area contributed by atoms with Gasteiger partial charge in [0, 0.05) is 6.42 Å². The Hall–Kier alpha value is -1.60. The van der Waals surface area contributed by atoms with Crippen molar-refractivity contribution in [1.82, 2.24) is 0 Å². The lowest BCUT2D eigenvalue weighted by Crippen LogP contribution is -2.11. The third kappa shape index (κ3) is 2.19. The Morgan fingerprint density at radius 3 is 2.67 bits per heavy atom. The first kappa shape index (κ1) is 12.8.